The van der Waals surface area contributed by atoms with Crippen molar-refractivity contribution in [3.8, 4) is 11.5 Å². The Morgan fingerprint density at radius 1 is 1.12 bits per heavy atom. The Hall–Kier alpha value is -2.06. The second kappa shape index (κ2) is 7.23. The third kappa shape index (κ3) is 4.27. The molecule has 24 heavy (non-hydrogen) atoms. The Balaban J connectivity index is 2.33. The van der Waals surface area contributed by atoms with E-state index in [1.165, 1.54) is 31.4 Å². The number of ether oxygens (including phenoxy) is 2. The van der Waals surface area contributed by atoms with Crippen molar-refractivity contribution in [1.29, 1.82) is 0 Å². The normalized spacial score (nSPS) is 11.4. The van der Waals surface area contributed by atoms with Gasteiger partial charge in [0.1, 0.15) is 16.4 Å². The van der Waals surface area contributed by atoms with Crippen molar-refractivity contribution in [2.75, 3.05) is 11.8 Å². The summed E-state index contributed by atoms with van der Waals surface area (Å²) < 4.78 is 61.1. The molecule has 0 atom stereocenters. The molecule has 1 N–H and O–H groups in total. The van der Waals surface area contributed by atoms with E-state index in [-0.39, 0.29) is 27.1 Å². The van der Waals surface area contributed by atoms with E-state index >= 15 is 0 Å². The van der Waals surface area contributed by atoms with Gasteiger partial charge in [-0.2, -0.15) is 8.78 Å². The van der Waals surface area contributed by atoms with Crippen molar-refractivity contribution in [1.82, 2.24) is 0 Å². The van der Waals surface area contributed by atoms with Gasteiger partial charge in [0.25, 0.3) is 10.0 Å². The van der Waals surface area contributed by atoms with Crippen molar-refractivity contribution < 1.29 is 26.7 Å². The van der Waals surface area contributed by atoms with Gasteiger partial charge < -0.3 is 9.47 Å². The maximum Gasteiger partial charge on any atom is 0.387 e. The van der Waals surface area contributed by atoms with E-state index in [0.29, 0.717) is 0 Å². The topological polar surface area (TPSA) is 64.6 Å². The van der Waals surface area contributed by atoms with Gasteiger partial charge in [-0.1, -0.05) is 17.7 Å². The molecule has 0 unspecified atom stereocenters. The quantitative estimate of drug-likeness (QED) is 0.824. The fraction of sp³-hybridized carbons (Fsp3) is 0.200. The van der Waals surface area contributed by atoms with Gasteiger partial charge in [0.05, 0.1) is 17.8 Å². The summed E-state index contributed by atoms with van der Waals surface area (Å²) >= 11 is 5.81. The van der Waals surface area contributed by atoms with Crippen LogP contribution in [0.15, 0.2) is 41.3 Å². The Kier molecular flexibility index (Phi) is 5.51. The Labute approximate surface area is 143 Å². The van der Waals surface area contributed by atoms with Crippen LogP contribution >= 0.6 is 11.6 Å². The molecule has 0 saturated heterocycles. The minimum Gasteiger partial charge on any atom is -0.495 e. The fourth-order valence-electron chi connectivity index (χ4n) is 1.96. The molecule has 2 rings (SSSR count). The highest BCUT2D eigenvalue weighted by atomic mass is 35.5. The van der Waals surface area contributed by atoms with E-state index in [9.17, 15) is 17.2 Å². The number of nitrogens with one attached hydrogen (secondary N) is 1. The summed E-state index contributed by atoms with van der Waals surface area (Å²) in [7, 11) is -2.60. The summed E-state index contributed by atoms with van der Waals surface area (Å²) in [5, 5.41) is -0.147. The number of halogens is 3. The molecule has 0 spiro atoms. The van der Waals surface area contributed by atoms with Gasteiger partial charge in [-0.25, -0.2) is 8.42 Å². The smallest absolute Gasteiger partial charge is 0.387 e. The molecule has 9 heteroatoms. The number of hydrogen-bond donors (Lipinski definition) is 1. The number of anilines is 1. The number of hydrogen-bond acceptors (Lipinski definition) is 4. The Morgan fingerprint density at radius 2 is 1.79 bits per heavy atom. The van der Waals surface area contributed by atoms with Crippen LogP contribution in [0, 0.1) is 6.92 Å². The van der Waals surface area contributed by atoms with Gasteiger partial charge in [0.15, 0.2) is 0 Å². The molecule has 130 valence electrons. The van der Waals surface area contributed by atoms with E-state index in [0.717, 1.165) is 11.6 Å². The molecule has 0 amide bonds. The summed E-state index contributed by atoms with van der Waals surface area (Å²) in [4.78, 5) is -0.0472. The van der Waals surface area contributed by atoms with Crippen LogP contribution in [0.3, 0.4) is 0 Å². The van der Waals surface area contributed by atoms with Crippen LogP contribution < -0.4 is 14.2 Å². The van der Waals surface area contributed by atoms with Crippen LogP contribution in [-0.2, 0) is 10.0 Å². The van der Waals surface area contributed by atoms with E-state index < -0.39 is 16.6 Å². The van der Waals surface area contributed by atoms with Crippen molar-refractivity contribution in [3.05, 3.63) is 47.0 Å². The zero-order valence-electron chi connectivity index (χ0n) is 12.7. The molecular formula is C15H14ClF2NO4S. The third-order valence-electron chi connectivity index (χ3n) is 3.01. The maximum absolute atomic E-state index is 12.5. The van der Waals surface area contributed by atoms with Crippen LogP contribution in [0.4, 0.5) is 14.5 Å². The number of aryl methyl sites for hydroxylation is 1. The predicted octanol–water partition coefficient (Wildman–Crippen LogP) is 4.06. The zero-order valence-corrected chi connectivity index (χ0v) is 14.3. The number of sulfonamides is 1. The largest absolute Gasteiger partial charge is 0.495 e. The van der Waals surface area contributed by atoms with Gasteiger partial charge in [-0.05, 0) is 42.8 Å². The summed E-state index contributed by atoms with van der Waals surface area (Å²) in [6.07, 6.45) is 0. The Bertz CT molecular complexity index is 843. The van der Waals surface area contributed by atoms with Crippen molar-refractivity contribution in [2.45, 2.75) is 18.4 Å². The number of rotatable bonds is 6. The molecule has 0 bridgehead atoms. The van der Waals surface area contributed by atoms with Crippen LogP contribution in [0.1, 0.15) is 5.56 Å². The molecule has 0 aliphatic rings. The monoisotopic (exact) mass is 377 g/mol. The third-order valence-corrected chi connectivity index (χ3v) is 4.71. The highest BCUT2D eigenvalue weighted by Gasteiger charge is 2.20. The van der Waals surface area contributed by atoms with Crippen LogP contribution in [0.2, 0.25) is 5.02 Å². The highest BCUT2D eigenvalue weighted by Crippen LogP contribution is 2.31. The minimum atomic E-state index is -3.95. The first-order valence-corrected chi connectivity index (χ1v) is 8.51. The van der Waals surface area contributed by atoms with E-state index in [4.69, 9.17) is 16.3 Å². The van der Waals surface area contributed by atoms with E-state index in [1.54, 1.807) is 13.0 Å². The van der Waals surface area contributed by atoms with Crippen molar-refractivity contribution in [3.63, 3.8) is 0 Å². The molecule has 0 heterocycles. The molecule has 2 aromatic carbocycles. The molecule has 0 aromatic heterocycles. The molecular weight excluding hydrogens is 364 g/mol. The first kappa shape index (κ1) is 18.3. The van der Waals surface area contributed by atoms with Gasteiger partial charge in [0.2, 0.25) is 0 Å². The first-order chi connectivity index (χ1) is 11.2. The SMILES string of the molecule is COc1ccc(C)cc1S(=O)(=O)Nc1ccc(OC(F)F)c(Cl)c1. The highest BCUT2D eigenvalue weighted by molar-refractivity contribution is 7.92. The average molecular weight is 378 g/mol. The first-order valence-electron chi connectivity index (χ1n) is 6.65. The van der Waals surface area contributed by atoms with Crippen LogP contribution in [-0.4, -0.2) is 22.1 Å². The average Bonchev–Trinajstić information content (AvgIpc) is 2.49. The lowest BCUT2D eigenvalue weighted by Crippen LogP contribution is -2.14. The molecule has 2 aromatic rings. The van der Waals surface area contributed by atoms with Gasteiger partial charge in [0, 0.05) is 0 Å². The zero-order chi connectivity index (χ0) is 17.9. The lowest BCUT2D eigenvalue weighted by atomic mass is 10.2. The van der Waals surface area contributed by atoms with Gasteiger partial charge >= 0.3 is 6.61 Å². The van der Waals surface area contributed by atoms with Gasteiger partial charge in [-0.15, -0.1) is 0 Å². The Morgan fingerprint density at radius 3 is 2.38 bits per heavy atom. The van der Waals surface area contributed by atoms with Crippen LogP contribution in [0.5, 0.6) is 11.5 Å². The maximum atomic E-state index is 12.5. The lowest BCUT2D eigenvalue weighted by molar-refractivity contribution is -0.0497. The molecule has 0 radical (unpaired) electrons. The van der Waals surface area contributed by atoms with Crippen molar-refractivity contribution >= 4 is 27.3 Å². The minimum absolute atomic E-state index is 0.0472. The van der Waals surface area contributed by atoms with E-state index in [2.05, 4.69) is 9.46 Å². The summed E-state index contributed by atoms with van der Waals surface area (Å²) in [5.41, 5.74) is 0.833. The molecule has 0 aliphatic carbocycles. The fourth-order valence-corrected chi connectivity index (χ4v) is 3.49. The summed E-state index contributed by atoms with van der Waals surface area (Å²) in [5.74, 6) is -0.0698. The standard InChI is InChI=1S/C15H14ClF2NO4S/c1-9-3-5-13(22-2)14(7-9)24(20,21)19-10-4-6-12(11(16)8-10)23-15(17)18/h3-8,15,19H,1-2H3. The second-order valence-electron chi connectivity index (χ2n) is 4.78. The summed E-state index contributed by atoms with van der Waals surface area (Å²) in [6, 6.07) is 8.31. The van der Waals surface area contributed by atoms with Crippen molar-refractivity contribution in [2.24, 2.45) is 0 Å². The molecule has 0 aliphatic heterocycles. The number of methoxy groups -OCH3 is 1. The lowest BCUT2D eigenvalue weighted by Gasteiger charge is -2.13. The van der Waals surface area contributed by atoms with Gasteiger partial charge in [-0.3, -0.25) is 4.72 Å². The summed E-state index contributed by atoms with van der Waals surface area (Å²) in [6.45, 7) is -1.28. The van der Waals surface area contributed by atoms with Crippen LogP contribution in [0.25, 0.3) is 0 Å². The molecule has 0 saturated carbocycles. The predicted molar refractivity (Wildman–Crippen MR) is 86.6 cm³/mol. The second-order valence-corrected chi connectivity index (χ2v) is 6.84. The number of benzene rings is 2. The molecule has 5 nitrogen and oxygen atoms in total. The number of alkyl halides is 2. The molecule has 0 fully saturated rings. The van der Waals surface area contributed by atoms with E-state index in [1.807, 2.05) is 0 Å².